The van der Waals surface area contributed by atoms with Gasteiger partial charge in [-0.2, -0.15) is 0 Å². The molecule has 9 heteroatoms. The van der Waals surface area contributed by atoms with E-state index in [2.05, 4.69) is 10.1 Å². The zero-order chi connectivity index (χ0) is 23.1. The van der Waals surface area contributed by atoms with E-state index in [1.165, 1.54) is 12.1 Å². The quantitative estimate of drug-likeness (QED) is 0.382. The van der Waals surface area contributed by atoms with Crippen molar-refractivity contribution in [1.82, 2.24) is 5.32 Å². The Morgan fingerprint density at radius 1 is 1.12 bits per heavy atom. The second-order valence-electron chi connectivity index (χ2n) is 7.80. The lowest BCUT2D eigenvalue weighted by Crippen LogP contribution is -2.21. The molecule has 1 aliphatic rings. The Morgan fingerprint density at radius 2 is 1.91 bits per heavy atom. The number of unbranched alkanes of at least 4 members (excludes halogenated alkanes) is 1. The van der Waals surface area contributed by atoms with E-state index in [9.17, 15) is 22.2 Å². The maximum absolute atomic E-state index is 12.6. The number of fused-ring (bicyclic) bond motifs is 1. The van der Waals surface area contributed by atoms with Crippen molar-refractivity contribution in [1.29, 1.82) is 0 Å². The van der Waals surface area contributed by atoms with E-state index in [1.807, 2.05) is 6.07 Å². The minimum Gasteiger partial charge on any atom is -0.406 e. The topological polar surface area (TPSA) is 81.4 Å². The highest BCUT2D eigenvalue weighted by Gasteiger charge is 2.31. The molecule has 3 rings (SSSR count). The molecule has 0 amide bonds. The highest BCUT2D eigenvalue weighted by molar-refractivity contribution is 7.82. The molecule has 0 aliphatic heterocycles. The van der Waals surface area contributed by atoms with Crippen LogP contribution >= 0.6 is 0 Å². The highest BCUT2D eigenvalue weighted by atomic mass is 32.2. The lowest BCUT2D eigenvalue weighted by Gasteiger charge is -2.13. The number of hydrogen-bond donors (Lipinski definition) is 2. The number of ether oxygens (including phenoxy) is 1. The van der Waals surface area contributed by atoms with Gasteiger partial charge in [0.1, 0.15) is 16.7 Å². The predicted octanol–water partition coefficient (Wildman–Crippen LogP) is 4.24. The van der Waals surface area contributed by atoms with Crippen molar-refractivity contribution in [2.24, 2.45) is 5.14 Å². The number of benzene rings is 2. The van der Waals surface area contributed by atoms with Gasteiger partial charge >= 0.3 is 6.36 Å². The Balaban J connectivity index is 1.40. The van der Waals surface area contributed by atoms with Gasteiger partial charge < -0.3 is 10.1 Å². The molecule has 0 saturated heterocycles. The van der Waals surface area contributed by atoms with Gasteiger partial charge in [0.25, 0.3) is 0 Å². The van der Waals surface area contributed by atoms with E-state index in [0.29, 0.717) is 48.4 Å². The van der Waals surface area contributed by atoms with Crippen LogP contribution in [0.2, 0.25) is 0 Å². The Kier molecular flexibility index (Phi) is 8.44. The van der Waals surface area contributed by atoms with Crippen LogP contribution in [0.25, 0.3) is 0 Å². The zero-order valence-electron chi connectivity index (χ0n) is 17.7. The molecule has 2 aromatic carbocycles. The number of para-hydroxylation sites is 1. The molecule has 174 valence electrons. The molecule has 1 unspecified atom stereocenters. The Hall–Kier alpha value is -2.23. The van der Waals surface area contributed by atoms with Gasteiger partial charge in [0, 0.05) is 12.0 Å². The number of halogens is 3. The van der Waals surface area contributed by atoms with Gasteiger partial charge in [-0.15, -0.1) is 13.2 Å². The summed E-state index contributed by atoms with van der Waals surface area (Å²) in [5.74, 6) is -0.177. The van der Waals surface area contributed by atoms with E-state index in [0.717, 1.165) is 36.8 Å². The third kappa shape index (κ3) is 6.88. The summed E-state index contributed by atoms with van der Waals surface area (Å²) in [6.07, 6.45) is 0.205. The Labute approximate surface area is 188 Å². The first kappa shape index (κ1) is 24.4. The molecular weight excluding hydrogens is 441 g/mol. The standard InChI is InChI=1S/C23H27F3N2O3S/c24-23(25,26)31-21-10-2-1-6-16(21)11-13-28-12-4-3-9-20(29)18-14-17-7-5-8-19(17)22(15-18)32(27)30/h1-2,6,10,14-15,28H,3-5,7-9,11-13,27H2. The number of aryl methyl sites for hydroxylation is 1. The SMILES string of the molecule is NS(=O)c1cc(C(=O)CCCCNCCc2ccccc2OC(F)(F)F)cc2c1CCC2. The first-order valence-electron chi connectivity index (χ1n) is 10.6. The van der Waals surface area contributed by atoms with Gasteiger partial charge in [0.05, 0.1) is 4.90 Å². The molecule has 1 atom stereocenters. The van der Waals surface area contributed by atoms with Crippen LogP contribution in [-0.2, 0) is 30.2 Å². The zero-order valence-corrected chi connectivity index (χ0v) is 18.5. The predicted molar refractivity (Wildman–Crippen MR) is 117 cm³/mol. The molecule has 0 heterocycles. The van der Waals surface area contributed by atoms with Gasteiger partial charge in [-0.1, -0.05) is 18.2 Å². The third-order valence-corrected chi connectivity index (χ3v) is 6.29. The number of ketones is 1. The second-order valence-corrected chi connectivity index (χ2v) is 8.83. The normalized spacial score (nSPS) is 14.2. The largest absolute Gasteiger partial charge is 0.573 e. The number of nitrogens with one attached hydrogen (secondary N) is 1. The summed E-state index contributed by atoms with van der Waals surface area (Å²) < 4.78 is 53.3. The maximum atomic E-state index is 12.6. The van der Waals surface area contributed by atoms with Crippen LogP contribution in [0.4, 0.5) is 13.2 Å². The van der Waals surface area contributed by atoms with Crippen LogP contribution in [0.15, 0.2) is 41.3 Å². The van der Waals surface area contributed by atoms with Crippen LogP contribution in [0.1, 0.15) is 52.7 Å². The van der Waals surface area contributed by atoms with Crippen molar-refractivity contribution in [2.45, 2.75) is 56.2 Å². The molecule has 5 nitrogen and oxygen atoms in total. The Morgan fingerprint density at radius 3 is 2.66 bits per heavy atom. The molecular formula is C23H27F3N2O3S. The minimum absolute atomic E-state index is 0.00428. The minimum atomic E-state index is -4.71. The fourth-order valence-electron chi connectivity index (χ4n) is 3.97. The average Bonchev–Trinajstić information content (AvgIpc) is 3.20. The van der Waals surface area contributed by atoms with Crippen molar-refractivity contribution in [3.8, 4) is 5.75 Å². The van der Waals surface area contributed by atoms with Crippen molar-refractivity contribution in [3.05, 3.63) is 58.7 Å². The first-order valence-corrected chi connectivity index (χ1v) is 11.9. The fourth-order valence-corrected chi connectivity index (χ4v) is 4.69. The monoisotopic (exact) mass is 468 g/mol. The average molecular weight is 469 g/mol. The molecule has 0 aromatic heterocycles. The molecule has 3 N–H and O–H groups in total. The molecule has 0 radical (unpaired) electrons. The number of nitrogens with two attached hydrogens (primary N) is 1. The summed E-state index contributed by atoms with van der Waals surface area (Å²) in [6, 6.07) is 9.67. The van der Waals surface area contributed by atoms with Gasteiger partial charge in [-0.3, -0.25) is 4.79 Å². The third-order valence-electron chi connectivity index (χ3n) is 5.49. The summed E-state index contributed by atoms with van der Waals surface area (Å²) in [4.78, 5) is 13.1. The summed E-state index contributed by atoms with van der Waals surface area (Å²) >= 11 is 0. The lowest BCUT2D eigenvalue weighted by molar-refractivity contribution is -0.274. The van der Waals surface area contributed by atoms with Crippen LogP contribution in [-0.4, -0.2) is 29.4 Å². The molecule has 1 aliphatic carbocycles. The molecule has 0 saturated carbocycles. The molecule has 0 fully saturated rings. The molecule has 2 aromatic rings. The number of Topliss-reactive ketones (excluding diaryl/α,β-unsaturated/α-hetero) is 1. The second kappa shape index (κ2) is 11.1. The molecule has 0 spiro atoms. The summed E-state index contributed by atoms with van der Waals surface area (Å²) in [5, 5.41) is 8.79. The van der Waals surface area contributed by atoms with Crippen LogP contribution in [0, 0.1) is 0 Å². The number of alkyl halides is 3. The highest BCUT2D eigenvalue weighted by Crippen LogP contribution is 2.29. The van der Waals surface area contributed by atoms with E-state index >= 15 is 0 Å². The molecule has 0 bridgehead atoms. The fraction of sp³-hybridized carbons (Fsp3) is 0.435. The first-order chi connectivity index (χ1) is 15.2. The van der Waals surface area contributed by atoms with Gasteiger partial charge in [-0.25, -0.2) is 9.35 Å². The number of carbonyl (C=O) groups is 1. The van der Waals surface area contributed by atoms with Crippen molar-refractivity contribution in [2.75, 3.05) is 13.1 Å². The number of carbonyl (C=O) groups excluding carboxylic acids is 1. The van der Waals surface area contributed by atoms with Crippen molar-refractivity contribution in [3.63, 3.8) is 0 Å². The maximum Gasteiger partial charge on any atom is 0.573 e. The number of rotatable bonds is 11. The molecule has 32 heavy (non-hydrogen) atoms. The summed E-state index contributed by atoms with van der Waals surface area (Å²) in [6.45, 7) is 1.15. The summed E-state index contributed by atoms with van der Waals surface area (Å²) in [5.41, 5.74) is 3.14. The lowest BCUT2D eigenvalue weighted by atomic mass is 10.0. The van der Waals surface area contributed by atoms with Gasteiger partial charge in [0.15, 0.2) is 5.78 Å². The van der Waals surface area contributed by atoms with Gasteiger partial charge in [-0.05, 0) is 86.5 Å². The Bertz CT molecular complexity index is 979. The van der Waals surface area contributed by atoms with E-state index in [1.54, 1.807) is 18.2 Å². The van der Waals surface area contributed by atoms with Crippen LogP contribution in [0.5, 0.6) is 5.75 Å². The van der Waals surface area contributed by atoms with E-state index in [-0.39, 0.29) is 11.5 Å². The number of hydrogen-bond acceptors (Lipinski definition) is 4. The van der Waals surface area contributed by atoms with Crippen molar-refractivity contribution >= 4 is 16.8 Å². The van der Waals surface area contributed by atoms with Crippen LogP contribution < -0.4 is 15.2 Å². The van der Waals surface area contributed by atoms with E-state index < -0.39 is 17.3 Å². The van der Waals surface area contributed by atoms with Crippen LogP contribution in [0.3, 0.4) is 0 Å². The summed E-state index contributed by atoms with van der Waals surface area (Å²) in [7, 11) is -1.61. The van der Waals surface area contributed by atoms with Gasteiger partial charge in [0.2, 0.25) is 0 Å². The smallest absolute Gasteiger partial charge is 0.406 e. The van der Waals surface area contributed by atoms with E-state index in [4.69, 9.17) is 5.14 Å². The van der Waals surface area contributed by atoms with Crippen molar-refractivity contribution < 1.29 is 26.9 Å².